The minimum atomic E-state index is 0.212. The molecule has 0 bridgehead atoms. The quantitative estimate of drug-likeness (QED) is 0.646. The first kappa shape index (κ1) is 13.1. The maximum Gasteiger partial charge on any atom is 0.166 e. The van der Waals surface area contributed by atoms with Gasteiger partial charge in [-0.25, -0.2) is 0 Å². The molecule has 0 radical (unpaired) electrons. The van der Waals surface area contributed by atoms with Crippen molar-refractivity contribution < 1.29 is 4.79 Å². The van der Waals surface area contributed by atoms with Crippen molar-refractivity contribution in [2.45, 2.75) is 46.0 Å². The van der Waals surface area contributed by atoms with Crippen LogP contribution in [-0.2, 0) is 0 Å². The molecular formula is C16H23NO. The van der Waals surface area contributed by atoms with Crippen LogP contribution in [-0.4, -0.2) is 5.78 Å². The number of Topliss-reactive ketones (excluding diaryl/α,β-unsaturated/α-hetero) is 1. The Morgan fingerprint density at radius 3 is 2.89 bits per heavy atom. The first-order chi connectivity index (χ1) is 8.63. The maximum absolute atomic E-state index is 12.6. The van der Waals surface area contributed by atoms with Crippen molar-refractivity contribution in [2.75, 3.05) is 5.73 Å². The zero-order valence-electron chi connectivity index (χ0n) is 11.4. The Kier molecular flexibility index (Phi) is 4.05. The fraction of sp³-hybridized carbons (Fsp3) is 0.562. The molecule has 0 aliphatic heterocycles. The highest BCUT2D eigenvalue weighted by Crippen LogP contribution is 2.33. The zero-order valence-corrected chi connectivity index (χ0v) is 11.4. The van der Waals surface area contributed by atoms with Crippen molar-refractivity contribution in [3.05, 3.63) is 29.3 Å². The van der Waals surface area contributed by atoms with Gasteiger partial charge < -0.3 is 5.73 Å². The zero-order chi connectivity index (χ0) is 13.1. The molecule has 2 unspecified atom stereocenters. The van der Waals surface area contributed by atoms with Crippen LogP contribution in [0.3, 0.4) is 0 Å². The molecule has 0 aromatic heterocycles. The van der Waals surface area contributed by atoms with Gasteiger partial charge in [0.25, 0.3) is 0 Å². The van der Waals surface area contributed by atoms with Gasteiger partial charge in [-0.3, -0.25) is 4.79 Å². The minimum Gasteiger partial charge on any atom is -0.398 e. The number of nitrogen functional groups attached to an aromatic ring is 1. The summed E-state index contributed by atoms with van der Waals surface area (Å²) < 4.78 is 0. The van der Waals surface area contributed by atoms with Gasteiger partial charge in [0.15, 0.2) is 5.78 Å². The molecule has 2 atom stereocenters. The number of hydrogen-bond acceptors (Lipinski definition) is 2. The summed E-state index contributed by atoms with van der Waals surface area (Å²) in [5.74, 6) is 1.25. The SMILES string of the molecule is CCC1CCCC(C(=O)c2cccc(N)c2C)C1. The van der Waals surface area contributed by atoms with E-state index in [1.165, 1.54) is 19.3 Å². The Morgan fingerprint density at radius 2 is 2.17 bits per heavy atom. The maximum atomic E-state index is 12.6. The first-order valence-electron chi connectivity index (χ1n) is 7.02. The fourth-order valence-corrected chi connectivity index (χ4v) is 3.04. The highest BCUT2D eigenvalue weighted by atomic mass is 16.1. The molecule has 2 nitrogen and oxygen atoms in total. The molecule has 2 rings (SSSR count). The molecule has 0 spiro atoms. The normalized spacial score (nSPS) is 23.9. The van der Waals surface area contributed by atoms with Crippen molar-refractivity contribution in [2.24, 2.45) is 11.8 Å². The van der Waals surface area contributed by atoms with Crippen LogP contribution in [0, 0.1) is 18.8 Å². The molecule has 1 saturated carbocycles. The van der Waals surface area contributed by atoms with Crippen molar-refractivity contribution >= 4 is 11.5 Å². The van der Waals surface area contributed by atoms with Crippen molar-refractivity contribution in [1.82, 2.24) is 0 Å². The van der Waals surface area contributed by atoms with E-state index >= 15 is 0 Å². The third-order valence-electron chi connectivity index (χ3n) is 4.37. The van der Waals surface area contributed by atoms with E-state index in [1.807, 2.05) is 25.1 Å². The summed E-state index contributed by atoms with van der Waals surface area (Å²) in [6, 6.07) is 5.67. The molecule has 1 fully saturated rings. The van der Waals surface area contributed by atoms with Crippen molar-refractivity contribution in [3.63, 3.8) is 0 Å². The lowest BCUT2D eigenvalue weighted by Crippen LogP contribution is -2.23. The fourth-order valence-electron chi connectivity index (χ4n) is 3.04. The summed E-state index contributed by atoms with van der Waals surface area (Å²) in [5.41, 5.74) is 8.39. The number of carbonyl (C=O) groups is 1. The molecule has 1 aromatic carbocycles. The Labute approximate surface area is 110 Å². The summed E-state index contributed by atoms with van der Waals surface area (Å²) in [4.78, 5) is 12.6. The molecule has 2 N–H and O–H groups in total. The second-order valence-electron chi connectivity index (χ2n) is 5.52. The number of rotatable bonds is 3. The van der Waals surface area contributed by atoms with Gasteiger partial charge in [-0.2, -0.15) is 0 Å². The number of carbonyl (C=O) groups excluding carboxylic acids is 1. The molecule has 1 aliphatic carbocycles. The number of anilines is 1. The van der Waals surface area contributed by atoms with Crippen LogP contribution >= 0.6 is 0 Å². The Morgan fingerprint density at radius 1 is 1.39 bits per heavy atom. The second-order valence-corrected chi connectivity index (χ2v) is 5.52. The number of benzene rings is 1. The molecule has 0 heterocycles. The van der Waals surface area contributed by atoms with Gasteiger partial charge in [0.2, 0.25) is 0 Å². The third kappa shape index (κ3) is 2.58. The van der Waals surface area contributed by atoms with Crippen LogP contribution in [0.2, 0.25) is 0 Å². The molecule has 0 saturated heterocycles. The highest BCUT2D eigenvalue weighted by molar-refractivity contribution is 6.00. The summed E-state index contributed by atoms with van der Waals surface area (Å²) in [6.45, 7) is 4.17. The van der Waals surface area contributed by atoms with E-state index < -0.39 is 0 Å². The minimum absolute atomic E-state index is 0.212. The van der Waals surface area contributed by atoms with E-state index in [0.29, 0.717) is 5.78 Å². The molecule has 18 heavy (non-hydrogen) atoms. The van der Waals surface area contributed by atoms with Gasteiger partial charge in [-0.1, -0.05) is 38.3 Å². The van der Waals surface area contributed by atoms with Crippen LogP contribution in [0.15, 0.2) is 18.2 Å². The monoisotopic (exact) mass is 245 g/mol. The van der Waals surface area contributed by atoms with Gasteiger partial charge in [-0.05, 0) is 37.3 Å². The van der Waals surface area contributed by atoms with Gasteiger partial charge >= 0.3 is 0 Å². The lowest BCUT2D eigenvalue weighted by atomic mass is 9.76. The van der Waals surface area contributed by atoms with Crippen LogP contribution < -0.4 is 5.73 Å². The van der Waals surface area contributed by atoms with E-state index in [2.05, 4.69) is 6.92 Å². The predicted molar refractivity (Wildman–Crippen MR) is 75.7 cm³/mol. The summed E-state index contributed by atoms with van der Waals surface area (Å²) in [5, 5.41) is 0. The molecular weight excluding hydrogens is 222 g/mol. The molecule has 1 aromatic rings. The molecule has 1 aliphatic rings. The van der Waals surface area contributed by atoms with E-state index in [1.54, 1.807) is 0 Å². The Hall–Kier alpha value is -1.31. The van der Waals surface area contributed by atoms with E-state index in [4.69, 9.17) is 5.73 Å². The lowest BCUT2D eigenvalue weighted by molar-refractivity contribution is 0.0861. The summed E-state index contributed by atoms with van der Waals surface area (Å²) in [6.07, 6.45) is 5.78. The molecule has 2 heteroatoms. The first-order valence-corrected chi connectivity index (χ1v) is 7.02. The van der Waals surface area contributed by atoms with Crippen LogP contribution in [0.5, 0.6) is 0 Å². The summed E-state index contributed by atoms with van der Waals surface area (Å²) in [7, 11) is 0. The average molecular weight is 245 g/mol. The molecule has 0 amide bonds. The number of nitrogens with two attached hydrogens (primary N) is 1. The second kappa shape index (κ2) is 5.55. The van der Waals surface area contributed by atoms with Crippen molar-refractivity contribution in [1.29, 1.82) is 0 Å². The van der Waals surface area contributed by atoms with E-state index in [9.17, 15) is 4.79 Å². The summed E-state index contributed by atoms with van der Waals surface area (Å²) >= 11 is 0. The third-order valence-corrected chi connectivity index (χ3v) is 4.37. The van der Waals surface area contributed by atoms with E-state index in [-0.39, 0.29) is 5.92 Å². The topological polar surface area (TPSA) is 43.1 Å². The predicted octanol–water partition coefficient (Wildman–Crippen LogP) is 3.98. The Bertz CT molecular complexity index is 439. The highest BCUT2D eigenvalue weighted by Gasteiger charge is 2.27. The largest absolute Gasteiger partial charge is 0.398 e. The lowest BCUT2D eigenvalue weighted by Gasteiger charge is -2.27. The standard InChI is InChI=1S/C16H23NO/c1-3-12-6-4-7-13(10-12)16(18)14-8-5-9-15(17)11(14)2/h5,8-9,12-13H,3-4,6-7,10,17H2,1-2H3. The van der Waals surface area contributed by atoms with Crippen LogP contribution in [0.1, 0.15) is 54.9 Å². The molecule has 98 valence electrons. The van der Waals surface area contributed by atoms with Gasteiger partial charge in [0.1, 0.15) is 0 Å². The van der Waals surface area contributed by atoms with E-state index in [0.717, 1.165) is 35.6 Å². The van der Waals surface area contributed by atoms with Gasteiger partial charge in [-0.15, -0.1) is 0 Å². The van der Waals surface area contributed by atoms with Crippen LogP contribution in [0.25, 0.3) is 0 Å². The Balaban J connectivity index is 2.18. The van der Waals surface area contributed by atoms with Gasteiger partial charge in [0.05, 0.1) is 0 Å². The number of ketones is 1. The number of hydrogen-bond donors (Lipinski definition) is 1. The van der Waals surface area contributed by atoms with Gasteiger partial charge in [0, 0.05) is 17.2 Å². The van der Waals surface area contributed by atoms with Crippen molar-refractivity contribution in [3.8, 4) is 0 Å². The smallest absolute Gasteiger partial charge is 0.166 e. The van der Waals surface area contributed by atoms with Crippen LogP contribution in [0.4, 0.5) is 5.69 Å². The average Bonchev–Trinajstić information content (AvgIpc) is 2.41.